The Morgan fingerprint density at radius 2 is 2.17 bits per heavy atom. The SMILES string of the molecule is NC(=O)C(N)CCCCNC=O. The van der Waals surface area contributed by atoms with Gasteiger partial charge >= 0.3 is 0 Å². The van der Waals surface area contributed by atoms with E-state index in [4.69, 9.17) is 11.5 Å². The van der Waals surface area contributed by atoms with Crippen LogP contribution in [-0.2, 0) is 9.59 Å². The standard InChI is InChI=1S/C7H15N3O2/c8-6(7(9)12)3-1-2-4-10-5-11/h5-6H,1-4,8H2,(H2,9,12)(H,10,11). The van der Waals surface area contributed by atoms with Crippen molar-refractivity contribution >= 4 is 12.3 Å². The Bertz CT molecular complexity index is 150. The van der Waals surface area contributed by atoms with Crippen molar-refractivity contribution < 1.29 is 9.59 Å². The number of nitrogens with two attached hydrogens (primary N) is 2. The molecule has 5 heteroatoms. The van der Waals surface area contributed by atoms with Crippen molar-refractivity contribution in [2.45, 2.75) is 25.3 Å². The van der Waals surface area contributed by atoms with Crippen molar-refractivity contribution in [3.05, 3.63) is 0 Å². The monoisotopic (exact) mass is 173 g/mol. The van der Waals surface area contributed by atoms with E-state index in [2.05, 4.69) is 5.32 Å². The van der Waals surface area contributed by atoms with Crippen LogP contribution < -0.4 is 16.8 Å². The van der Waals surface area contributed by atoms with Gasteiger partial charge in [0.15, 0.2) is 0 Å². The average molecular weight is 173 g/mol. The molecule has 0 aromatic heterocycles. The first kappa shape index (κ1) is 10.9. The average Bonchev–Trinajstić information content (AvgIpc) is 2.03. The van der Waals surface area contributed by atoms with E-state index in [0.717, 1.165) is 12.8 Å². The minimum absolute atomic E-state index is 0.474. The maximum Gasteiger partial charge on any atom is 0.234 e. The lowest BCUT2D eigenvalue weighted by Crippen LogP contribution is -2.36. The highest BCUT2D eigenvalue weighted by Crippen LogP contribution is 1.96. The predicted molar refractivity (Wildman–Crippen MR) is 45.1 cm³/mol. The molecule has 5 N–H and O–H groups in total. The van der Waals surface area contributed by atoms with Crippen LogP contribution in [0.1, 0.15) is 19.3 Å². The number of carbonyl (C=O) groups is 2. The summed E-state index contributed by atoms with van der Waals surface area (Å²) in [7, 11) is 0. The number of nitrogens with one attached hydrogen (secondary N) is 1. The molecule has 0 rings (SSSR count). The molecular weight excluding hydrogens is 158 g/mol. The van der Waals surface area contributed by atoms with E-state index in [1.807, 2.05) is 0 Å². The zero-order valence-corrected chi connectivity index (χ0v) is 6.95. The number of amides is 2. The summed E-state index contributed by atoms with van der Waals surface area (Å²) in [5, 5.41) is 2.51. The van der Waals surface area contributed by atoms with E-state index in [1.54, 1.807) is 0 Å². The third-order valence-corrected chi connectivity index (χ3v) is 1.54. The summed E-state index contributed by atoms with van der Waals surface area (Å²) in [6.45, 7) is 0.620. The third-order valence-electron chi connectivity index (χ3n) is 1.54. The smallest absolute Gasteiger partial charge is 0.234 e. The topological polar surface area (TPSA) is 98.2 Å². The van der Waals surface area contributed by atoms with Crippen molar-refractivity contribution in [2.24, 2.45) is 11.5 Å². The minimum Gasteiger partial charge on any atom is -0.368 e. The first-order valence-electron chi connectivity index (χ1n) is 3.90. The van der Waals surface area contributed by atoms with Crippen molar-refractivity contribution in [2.75, 3.05) is 6.54 Å². The van der Waals surface area contributed by atoms with Gasteiger partial charge in [0.05, 0.1) is 6.04 Å². The van der Waals surface area contributed by atoms with Crippen LogP contribution >= 0.6 is 0 Å². The summed E-state index contributed by atoms with van der Waals surface area (Å²) in [5.41, 5.74) is 10.3. The van der Waals surface area contributed by atoms with Gasteiger partial charge in [-0.3, -0.25) is 9.59 Å². The van der Waals surface area contributed by atoms with Gasteiger partial charge in [-0.1, -0.05) is 0 Å². The van der Waals surface area contributed by atoms with Gasteiger partial charge in [-0.25, -0.2) is 0 Å². The summed E-state index contributed by atoms with van der Waals surface area (Å²) in [5.74, 6) is -0.474. The van der Waals surface area contributed by atoms with E-state index >= 15 is 0 Å². The zero-order valence-electron chi connectivity index (χ0n) is 6.95. The van der Waals surface area contributed by atoms with E-state index < -0.39 is 11.9 Å². The lowest BCUT2D eigenvalue weighted by Gasteiger charge is -2.05. The van der Waals surface area contributed by atoms with Gasteiger partial charge in [0.2, 0.25) is 12.3 Å². The molecule has 5 nitrogen and oxygen atoms in total. The molecule has 0 saturated heterocycles. The Balaban J connectivity index is 3.19. The van der Waals surface area contributed by atoms with Crippen LogP contribution in [0.3, 0.4) is 0 Å². The van der Waals surface area contributed by atoms with E-state index in [9.17, 15) is 9.59 Å². The van der Waals surface area contributed by atoms with Crippen molar-refractivity contribution in [1.29, 1.82) is 0 Å². The number of hydrogen-bond acceptors (Lipinski definition) is 3. The lowest BCUT2D eigenvalue weighted by molar-refractivity contribution is -0.119. The van der Waals surface area contributed by atoms with Gasteiger partial charge in [-0.2, -0.15) is 0 Å². The molecule has 0 bridgehead atoms. The first-order chi connectivity index (χ1) is 5.68. The number of unbranched alkanes of at least 4 members (excludes halogenated alkanes) is 1. The predicted octanol–water partition coefficient (Wildman–Crippen LogP) is -1.28. The number of rotatable bonds is 7. The van der Waals surface area contributed by atoms with E-state index in [0.29, 0.717) is 19.4 Å². The molecule has 70 valence electrons. The molecule has 0 saturated carbocycles. The molecule has 0 aliphatic carbocycles. The fraction of sp³-hybridized carbons (Fsp3) is 0.714. The Labute approximate surface area is 71.5 Å². The summed E-state index contributed by atoms with van der Waals surface area (Å²) in [6.07, 6.45) is 2.84. The van der Waals surface area contributed by atoms with Crippen molar-refractivity contribution in [1.82, 2.24) is 5.32 Å². The van der Waals surface area contributed by atoms with Crippen LogP contribution in [0.2, 0.25) is 0 Å². The van der Waals surface area contributed by atoms with Gasteiger partial charge in [-0.05, 0) is 19.3 Å². The van der Waals surface area contributed by atoms with Crippen LogP contribution in [0.4, 0.5) is 0 Å². The van der Waals surface area contributed by atoms with Gasteiger partial charge in [-0.15, -0.1) is 0 Å². The van der Waals surface area contributed by atoms with E-state index in [-0.39, 0.29) is 0 Å². The highest BCUT2D eigenvalue weighted by Gasteiger charge is 2.07. The Kier molecular flexibility index (Phi) is 6.00. The van der Waals surface area contributed by atoms with Crippen LogP contribution in [0.25, 0.3) is 0 Å². The molecule has 0 aliphatic heterocycles. The first-order valence-corrected chi connectivity index (χ1v) is 3.90. The summed E-state index contributed by atoms with van der Waals surface area (Å²) >= 11 is 0. The highest BCUT2D eigenvalue weighted by atomic mass is 16.1. The molecule has 0 heterocycles. The van der Waals surface area contributed by atoms with Gasteiger partial charge in [0, 0.05) is 6.54 Å². The minimum atomic E-state index is -0.554. The van der Waals surface area contributed by atoms with Crippen LogP contribution in [-0.4, -0.2) is 24.9 Å². The molecule has 0 spiro atoms. The molecule has 1 unspecified atom stereocenters. The van der Waals surface area contributed by atoms with E-state index in [1.165, 1.54) is 0 Å². The van der Waals surface area contributed by atoms with Gasteiger partial charge in [0.25, 0.3) is 0 Å². The number of primary amides is 1. The van der Waals surface area contributed by atoms with Crippen molar-refractivity contribution in [3.63, 3.8) is 0 Å². The molecule has 0 radical (unpaired) electrons. The Hall–Kier alpha value is -1.10. The number of hydrogen-bond donors (Lipinski definition) is 3. The second kappa shape index (κ2) is 6.60. The third kappa shape index (κ3) is 5.67. The fourth-order valence-electron chi connectivity index (χ4n) is 0.792. The molecule has 12 heavy (non-hydrogen) atoms. The lowest BCUT2D eigenvalue weighted by atomic mass is 10.1. The van der Waals surface area contributed by atoms with Crippen LogP contribution in [0.5, 0.6) is 0 Å². The summed E-state index contributed by atoms with van der Waals surface area (Å²) in [4.78, 5) is 20.2. The normalized spacial score (nSPS) is 12.1. The van der Waals surface area contributed by atoms with Crippen LogP contribution in [0, 0.1) is 0 Å². The molecule has 0 aromatic rings. The number of carbonyl (C=O) groups excluding carboxylic acids is 2. The van der Waals surface area contributed by atoms with Gasteiger partial charge in [0.1, 0.15) is 0 Å². The maximum absolute atomic E-state index is 10.4. The Morgan fingerprint density at radius 3 is 2.67 bits per heavy atom. The largest absolute Gasteiger partial charge is 0.368 e. The molecule has 2 amide bonds. The zero-order chi connectivity index (χ0) is 9.40. The Morgan fingerprint density at radius 1 is 1.50 bits per heavy atom. The molecule has 0 aromatic carbocycles. The van der Waals surface area contributed by atoms with Gasteiger partial charge < -0.3 is 16.8 Å². The molecule has 0 aliphatic rings. The molecular formula is C7H15N3O2. The fourth-order valence-corrected chi connectivity index (χ4v) is 0.792. The maximum atomic E-state index is 10.4. The summed E-state index contributed by atoms with van der Waals surface area (Å²) < 4.78 is 0. The molecule has 0 fully saturated rings. The second-order valence-corrected chi connectivity index (χ2v) is 2.58. The second-order valence-electron chi connectivity index (χ2n) is 2.58. The quantitative estimate of drug-likeness (QED) is 0.330. The summed E-state index contributed by atoms with van der Waals surface area (Å²) in [6, 6.07) is -0.554. The highest BCUT2D eigenvalue weighted by molar-refractivity contribution is 5.79. The molecule has 1 atom stereocenters. The van der Waals surface area contributed by atoms with Crippen molar-refractivity contribution in [3.8, 4) is 0 Å². The van der Waals surface area contributed by atoms with Crippen LogP contribution in [0.15, 0.2) is 0 Å².